The van der Waals surface area contributed by atoms with Gasteiger partial charge in [0.05, 0.1) is 18.7 Å². The fourth-order valence-corrected chi connectivity index (χ4v) is 1.84. The minimum atomic E-state index is -0.374. The van der Waals surface area contributed by atoms with Crippen LogP contribution >= 0.6 is 0 Å². The van der Waals surface area contributed by atoms with Crippen molar-refractivity contribution in [1.29, 1.82) is 0 Å². The van der Waals surface area contributed by atoms with E-state index in [4.69, 9.17) is 10.5 Å². The highest BCUT2D eigenvalue weighted by molar-refractivity contribution is 5.78. The summed E-state index contributed by atoms with van der Waals surface area (Å²) >= 11 is 0. The number of amides is 1. The lowest BCUT2D eigenvalue weighted by Gasteiger charge is -2.09. The zero-order chi connectivity index (χ0) is 15.1. The Balaban J connectivity index is 1.73. The minimum Gasteiger partial charge on any atom is -0.490 e. The van der Waals surface area contributed by atoms with Crippen molar-refractivity contribution in [2.75, 3.05) is 18.9 Å². The van der Waals surface area contributed by atoms with Gasteiger partial charge in [-0.15, -0.1) is 0 Å². The van der Waals surface area contributed by atoms with E-state index in [1.807, 2.05) is 12.1 Å². The predicted octanol–water partition coefficient (Wildman–Crippen LogP) is 2.15. The molecule has 2 aromatic rings. The van der Waals surface area contributed by atoms with E-state index < -0.39 is 0 Å². The van der Waals surface area contributed by atoms with E-state index in [0.717, 1.165) is 0 Å². The van der Waals surface area contributed by atoms with Crippen molar-refractivity contribution >= 4 is 11.6 Å². The summed E-state index contributed by atoms with van der Waals surface area (Å²) < 4.78 is 18.8. The molecule has 1 amide bonds. The maximum atomic E-state index is 13.4. The number of ether oxygens (including phenoxy) is 1. The molecule has 2 rings (SSSR count). The van der Waals surface area contributed by atoms with Crippen LogP contribution in [0.5, 0.6) is 5.75 Å². The average Bonchev–Trinajstić information content (AvgIpc) is 2.48. The SMILES string of the molecule is Nc1ccccc1OCCNC(=O)Cc1ccccc1F. The van der Waals surface area contributed by atoms with Gasteiger partial charge in [-0.1, -0.05) is 30.3 Å². The maximum absolute atomic E-state index is 13.4. The molecule has 4 nitrogen and oxygen atoms in total. The molecule has 0 fully saturated rings. The summed E-state index contributed by atoms with van der Waals surface area (Å²) in [5.74, 6) is -0.0356. The molecular formula is C16H17FN2O2. The number of nitrogens with one attached hydrogen (secondary N) is 1. The maximum Gasteiger partial charge on any atom is 0.224 e. The third kappa shape index (κ3) is 4.49. The number of rotatable bonds is 6. The quantitative estimate of drug-likeness (QED) is 0.632. The number of carbonyl (C=O) groups is 1. The Labute approximate surface area is 122 Å². The molecule has 2 aromatic carbocycles. The normalized spacial score (nSPS) is 10.1. The fraction of sp³-hybridized carbons (Fsp3) is 0.188. The van der Waals surface area contributed by atoms with Crippen LogP contribution in [0.3, 0.4) is 0 Å². The van der Waals surface area contributed by atoms with Crippen LogP contribution < -0.4 is 15.8 Å². The molecule has 110 valence electrons. The summed E-state index contributed by atoms with van der Waals surface area (Å²) in [7, 11) is 0. The van der Waals surface area contributed by atoms with Gasteiger partial charge in [0, 0.05) is 0 Å². The van der Waals surface area contributed by atoms with E-state index >= 15 is 0 Å². The van der Waals surface area contributed by atoms with Gasteiger partial charge in [-0.3, -0.25) is 4.79 Å². The Hall–Kier alpha value is -2.56. The second-order valence-corrected chi connectivity index (χ2v) is 4.50. The molecule has 0 radical (unpaired) electrons. The molecule has 0 aliphatic carbocycles. The zero-order valence-corrected chi connectivity index (χ0v) is 11.5. The summed E-state index contributed by atoms with van der Waals surface area (Å²) in [6.07, 6.45) is 0.0140. The van der Waals surface area contributed by atoms with Crippen molar-refractivity contribution in [3.8, 4) is 5.75 Å². The van der Waals surface area contributed by atoms with E-state index in [1.165, 1.54) is 6.07 Å². The molecule has 5 heteroatoms. The number of benzene rings is 2. The van der Waals surface area contributed by atoms with E-state index in [2.05, 4.69) is 5.32 Å². The largest absolute Gasteiger partial charge is 0.490 e. The second kappa shape index (κ2) is 7.28. The van der Waals surface area contributed by atoms with Gasteiger partial charge in [0.2, 0.25) is 5.91 Å². The highest BCUT2D eigenvalue weighted by Gasteiger charge is 2.07. The molecule has 0 aliphatic rings. The Morgan fingerprint density at radius 2 is 1.86 bits per heavy atom. The van der Waals surface area contributed by atoms with Crippen molar-refractivity contribution in [1.82, 2.24) is 5.32 Å². The average molecular weight is 288 g/mol. The van der Waals surface area contributed by atoms with Crippen LogP contribution in [0.25, 0.3) is 0 Å². The van der Waals surface area contributed by atoms with Crippen LogP contribution in [-0.4, -0.2) is 19.1 Å². The summed E-state index contributed by atoms with van der Waals surface area (Å²) in [4.78, 5) is 11.7. The molecular weight excluding hydrogens is 271 g/mol. The topological polar surface area (TPSA) is 64.3 Å². The highest BCUT2D eigenvalue weighted by atomic mass is 19.1. The molecule has 0 saturated carbocycles. The Morgan fingerprint density at radius 3 is 2.62 bits per heavy atom. The lowest BCUT2D eigenvalue weighted by molar-refractivity contribution is -0.120. The molecule has 0 aliphatic heterocycles. The molecule has 3 N–H and O–H groups in total. The number of halogens is 1. The van der Waals surface area contributed by atoms with Crippen LogP contribution in [0.2, 0.25) is 0 Å². The number of para-hydroxylation sites is 2. The van der Waals surface area contributed by atoms with Crippen molar-refractivity contribution in [2.45, 2.75) is 6.42 Å². The van der Waals surface area contributed by atoms with E-state index in [1.54, 1.807) is 30.3 Å². The van der Waals surface area contributed by atoms with Gasteiger partial charge in [-0.05, 0) is 23.8 Å². The number of carbonyl (C=O) groups excluding carboxylic acids is 1. The Kier molecular flexibility index (Phi) is 5.15. The number of nitrogens with two attached hydrogens (primary N) is 1. The lowest BCUT2D eigenvalue weighted by atomic mass is 10.1. The summed E-state index contributed by atoms with van der Waals surface area (Å²) in [6, 6.07) is 13.4. The van der Waals surface area contributed by atoms with Crippen LogP contribution in [0.4, 0.5) is 10.1 Å². The van der Waals surface area contributed by atoms with Crippen molar-refractivity contribution in [3.63, 3.8) is 0 Å². The monoisotopic (exact) mass is 288 g/mol. The fourth-order valence-electron chi connectivity index (χ4n) is 1.84. The van der Waals surface area contributed by atoms with Gasteiger partial charge in [-0.25, -0.2) is 4.39 Å². The second-order valence-electron chi connectivity index (χ2n) is 4.50. The van der Waals surface area contributed by atoms with Gasteiger partial charge in [0.1, 0.15) is 18.2 Å². The first-order chi connectivity index (χ1) is 10.2. The smallest absolute Gasteiger partial charge is 0.224 e. The van der Waals surface area contributed by atoms with Crippen molar-refractivity contribution < 1.29 is 13.9 Å². The summed E-state index contributed by atoms with van der Waals surface area (Å²) in [5, 5.41) is 2.68. The molecule has 21 heavy (non-hydrogen) atoms. The number of hydrogen-bond donors (Lipinski definition) is 2. The first-order valence-electron chi connectivity index (χ1n) is 6.64. The van der Waals surface area contributed by atoms with Crippen molar-refractivity contribution in [2.24, 2.45) is 0 Å². The lowest BCUT2D eigenvalue weighted by Crippen LogP contribution is -2.29. The van der Waals surface area contributed by atoms with Crippen molar-refractivity contribution in [3.05, 3.63) is 59.9 Å². The van der Waals surface area contributed by atoms with Crippen LogP contribution in [-0.2, 0) is 11.2 Å². The third-order valence-electron chi connectivity index (χ3n) is 2.91. The minimum absolute atomic E-state index is 0.0140. The third-order valence-corrected chi connectivity index (χ3v) is 2.91. The van der Waals surface area contributed by atoms with Gasteiger partial charge in [-0.2, -0.15) is 0 Å². The van der Waals surface area contributed by atoms with Crippen LogP contribution in [0, 0.1) is 5.82 Å². The Bertz CT molecular complexity index is 617. The summed E-state index contributed by atoms with van der Waals surface area (Å²) in [6.45, 7) is 0.638. The van der Waals surface area contributed by atoms with E-state index in [9.17, 15) is 9.18 Å². The van der Waals surface area contributed by atoms with Gasteiger partial charge in [0.25, 0.3) is 0 Å². The first kappa shape index (κ1) is 14.8. The zero-order valence-electron chi connectivity index (χ0n) is 11.5. The van der Waals surface area contributed by atoms with E-state index in [0.29, 0.717) is 30.2 Å². The molecule has 0 aromatic heterocycles. The number of anilines is 1. The van der Waals surface area contributed by atoms with Gasteiger partial charge >= 0.3 is 0 Å². The van der Waals surface area contributed by atoms with E-state index in [-0.39, 0.29) is 18.1 Å². The molecule has 0 atom stereocenters. The summed E-state index contributed by atoms with van der Waals surface area (Å²) in [5.41, 5.74) is 6.66. The predicted molar refractivity (Wildman–Crippen MR) is 79.5 cm³/mol. The van der Waals surface area contributed by atoms with Gasteiger partial charge in [0.15, 0.2) is 0 Å². The molecule has 0 bridgehead atoms. The number of nitrogen functional groups attached to an aromatic ring is 1. The molecule has 0 unspecified atom stereocenters. The first-order valence-corrected chi connectivity index (χ1v) is 6.64. The number of hydrogen-bond acceptors (Lipinski definition) is 3. The van der Waals surface area contributed by atoms with Crippen LogP contribution in [0.15, 0.2) is 48.5 Å². The highest BCUT2D eigenvalue weighted by Crippen LogP contribution is 2.19. The van der Waals surface area contributed by atoms with Gasteiger partial charge < -0.3 is 15.8 Å². The molecule has 0 heterocycles. The molecule has 0 saturated heterocycles. The Morgan fingerprint density at radius 1 is 1.14 bits per heavy atom. The molecule has 0 spiro atoms. The standard InChI is InChI=1S/C16H17FN2O2/c17-13-6-2-1-5-12(13)11-16(20)19-9-10-21-15-8-4-3-7-14(15)18/h1-8H,9-11,18H2,(H,19,20). The van der Waals surface area contributed by atoms with Crippen LogP contribution in [0.1, 0.15) is 5.56 Å².